The molecule has 0 saturated heterocycles. The van der Waals surface area contributed by atoms with E-state index in [2.05, 4.69) is 20.8 Å². The summed E-state index contributed by atoms with van der Waals surface area (Å²) in [5.74, 6) is 0.254. The molecule has 1 aromatic heterocycles. The van der Waals surface area contributed by atoms with Gasteiger partial charge in [-0.25, -0.2) is 15.2 Å². The van der Waals surface area contributed by atoms with Crippen molar-refractivity contribution < 1.29 is 14.3 Å². The number of hydrogen-bond donors (Lipinski definition) is 2. The number of carbonyl (C=O) groups is 2. The SMILES string of the molecule is CSCC[C@H](NC(=O)OC(C)(C)C)C(=O)NN=Cc1cc2ccc(C)cc2nc1Cl. The van der Waals surface area contributed by atoms with Crippen LogP contribution in [0.3, 0.4) is 0 Å². The normalized spacial score (nSPS) is 12.7. The van der Waals surface area contributed by atoms with Crippen LogP contribution in [0.1, 0.15) is 38.3 Å². The first-order valence-electron chi connectivity index (χ1n) is 9.47. The Bertz CT molecular complexity index is 944. The van der Waals surface area contributed by atoms with Crippen molar-refractivity contribution in [2.75, 3.05) is 12.0 Å². The van der Waals surface area contributed by atoms with Gasteiger partial charge in [0.05, 0.1) is 11.7 Å². The smallest absolute Gasteiger partial charge is 0.408 e. The number of nitrogens with zero attached hydrogens (tertiary/aromatic N) is 2. The van der Waals surface area contributed by atoms with Gasteiger partial charge in [-0.1, -0.05) is 23.7 Å². The van der Waals surface area contributed by atoms with Crippen LogP contribution >= 0.6 is 23.4 Å². The van der Waals surface area contributed by atoms with Crippen LogP contribution in [-0.4, -0.2) is 46.9 Å². The maximum atomic E-state index is 12.5. The molecule has 30 heavy (non-hydrogen) atoms. The van der Waals surface area contributed by atoms with E-state index in [0.29, 0.717) is 17.7 Å². The van der Waals surface area contributed by atoms with Crippen molar-refractivity contribution in [3.05, 3.63) is 40.5 Å². The summed E-state index contributed by atoms with van der Waals surface area (Å²) >= 11 is 7.82. The fourth-order valence-corrected chi connectivity index (χ4v) is 3.22. The third kappa shape index (κ3) is 7.50. The van der Waals surface area contributed by atoms with Crippen molar-refractivity contribution in [1.82, 2.24) is 15.7 Å². The van der Waals surface area contributed by atoms with E-state index in [4.69, 9.17) is 16.3 Å². The number of rotatable bonds is 7. The molecule has 162 valence electrons. The van der Waals surface area contributed by atoms with E-state index in [1.807, 2.05) is 37.4 Å². The molecule has 0 fully saturated rings. The maximum absolute atomic E-state index is 12.5. The number of aryl methyl sites for hydroxylation is 1. The molecule has 2 amide bonds. The van der Waals surface area contributed by atoms with E-state index in [1.54, 1.807) is 32.5 Å². The zero-order valence-electron chi connectivity index (χ0n) is 17.8. The van der Waals surface area contributed by atoms with E-state index >= 15 is 0 Å². The Kier molecular flexibility index (Phi) is 8.49. The molecule has 0 saturated carbocycles. The molecule has 1 heterocycles. The minimum absolute atomic E-state index is 0.289. The highest BCUT2D eigenvalue weighted by Crippen LogP contribution is 2.20. The van der Waals surface area contributed by atoms with Crippen LogP contribution in [-0.2, 0) is 9.53 Å². The number of alkyl carbamates (subject to hydrolysis) is 1. The van der Waals surface area contributed by atoms with Crippen LogP contribution in [0.25, 0.3) is 10.9 Å². The van der Waals surface area contributed by atoms with Gasteiger partial charge in [-0.2, -0.15) is 16.9 Å². The molecular formula is C21H27ClN4O3S. The van der Waals surface area contributed by atoms with Crippen LogP contribution < -0.4 is 10.7 Å². The molecule has 0 aliphatic heterocycles. The molecule has 0 bridgehead atoms. The largest absolute Gasteiger partial charge is 0.444 e. The second kappa shape index (κ2) is 10.6. The lowest BCUT2D eigenvalue weighted by Crippen LogP contribution is -2.47. The van der Waals surface area contributed by atoms with Gasteiger partial charge in [0.1, 0.15) is 16.8 Å². The second-order valence-electron chi connectivity index (χ2n) is 7.78. The average molecular weight is 451 g/mol. The number of amides is 2. The fourth-order valence-electron chi connectivity index (χ4n) is 2.56. The number of halogens is 1. The van der Waals surface area contributed by atoms with Gasteiger partial charge in [0.15, 0.2) is 0 Å². The molecule has 1 aromatic carbocycles. The molecule has 2 aromatic rings. The Labute approximate surface area is 186 Å². The van der Waals surface area contributed by atoms with Gasteiger partial charge in [-0.05, 0) is 63.8 Å². The van der Waals surface area contributed by atoms with Crippen LogP contribution in [0.5, 0.6) is 0 Å². The molecule has 7 nitrogen and oxygen atoms in total. The number of hydrogen-bond acceptors (Lipinski definition) is 6. The topological polar surface area (TPSA) is 92.7 Å². The number of carbonyl (C=O) groups excluding carboxylic acids is 2. The molecule has 9 heteroatoms. The third-order valence-corrected chi connectivity index (χ3v) is 4.90. The van der Waals surface area contributed by atoms with Gasteiger partial charge < -0.3 is 10.1 Å². The molecule has 2 N–H and O–H groups in total. The standard InChI is InChI=1S/C21H27ClN4O3S/c1-13-6-7-14-11-15(18(22)24-17(14)10-13)12-23-26-19(27)16(8-9-30-5)25-20(28)29-21(2,3)4/h6-7,10-12,16H,8-9H2,1-5H3,(H,25,28)(H,26,27)/t16-/m0/s1. The molecule has 0 spiro atoms. The maximum Gasteiger partial charge on any atom is 0.408 e. The molecule has 0 aliphatic rings. The van der Waals surface area contributed by atoms with Crippen molar-refractivity contribution in [3.8, 4) is 0 Å². The monoisotopic (exact) mass is 450 g/mol. The quantitative estimate of drug-likeness (QED) is 0.373. The minimum atomic E-state index is -0.766. The van der Waals surface area contributed by atoms with E-state index in [9.17, 15) is 9.59 Å². The van der Waals surface area contributed by atoms with Crippen LogP contribution in [0, 0.1) is 6.92 Å². The summed E-state index contributed by atoms with van der Waals surface area (Å²) in [4.78, 5) is 28.9. The first-order chi connectivity index (χ1) is 14.1. The molecule has 1 atom stereocenters. The summed E-state index contributed by atoms with van der Waals surface area (Å²) in [7, 11) is 0. The first kappa shape index (κ1) is 24.0. The average Bonchev–Trinajstić information content (AvgIpc) is 2.64. The summed E-state index contributed by atoms with van der Waals surface area (Å²) in [6.07, 6.45) is 3.16. The highest BCUT2D eigenvalue weighted by atomic mass is 35.5. The Morgan fingerprint density at radius 1 is 1.33 bits per heavy atom. The molecular weight excluding hydrogens is 424 g/mol. The van der Waals surface area contributed by atoms with E-state index in [-0.39, 0.29) is 5.15 Å². The van der Waals surface area contributed by atoms with E-state index < -0.39 is 23.6 Å². The number of hydrazone groups is 1. The van der Waals surface area contributed by atoms with Crippen LogP contribution in [0.4, 0.5) is 4.79 Å². The molecule has 2 rings (SSSR count). The van der Waals surface area contributed by atoms with Crippen molar-refractivity contribution in [2.45, 2.75) is 45.8 Å². The predicted molar refractivity (Wildman–Crippen MR) is 123 cm³/mol. The Balaban J connectivity index is 2.07. The zero-order valence-corrected chi connectivity index (χ0v) is 19.4. The van der Waals surface area contributed by atoms with Gasteiger partial charge in [0.25, 0.3) is 5.91 Å². The number of thioether (sulfide) groups is 1. The number of aromatic nitrogens is 1. The van der Waals surface area contributed by atoms with Gasteiger partial charge in [0, 0.05) is 10.9 Å². The van der Waals surface area contributed by atoms with Crippen LogP contribution in [0.2, 0.25) is 5.15 Å². The predicted octanol–water partition coefficient (Wildman–Crippen LogP) is 4.29. The summed E-state index contributed by atoms with van der Waals surface area (Å²) in [5, 5.41) is 7.80. The van der Waals surface area contributed by atoms with Gasteiger partial charge in [0.2, 0.25) is 0 Å². The lowest BCUT2D eigenvalue weighted by atomic mass is 10.1. The zero-order chi connectivity index (χ0) is 22.3. The number of benzene rings is 1. The Morgan fingerprint density at radius 3 is 2.73 bits per heavy atom. The Hall–Kier alpha value is -2.32. The summed E-state index contributed by atoms with van der Waals surface area (Å²) < 4.78 is 5.24. The van der Waals surface area contributed by atoms with Crippen molar-refractivity contribution in [1.29, 1.82) is 0 Å². The molecule has 0 radical (unpaired) electrons. The number of fused-ring (bicyclic) bond motifs is 1. The van der Waals surface area contributed by atoms with Crippen LogP contribution in [0.15, 0.2) is 29.4 Å². The van der Waals surface area contributed by atoms with Gasteiger partial charge in [-0.3, -0.25) is 4.79 Å². The highest BCUT2D eigenvalue weighted by molar-refractivity contribution is 7.98. The molecule has 0 aliphatic carbocycles. The first-order valence-corrected chi connectivity index (χ1v) is 11.2. The fraction of sp³-hybridized carbons (Fsp3) is 0.429. The minimum Gasteiger partial charge on any atom is -0.444 e. The van der Waals surface area contributed by atoms with E-state index in [1.165, 1.54) is 6.21 Å². The van der Waals surface area contributed by atoms with Gasteiger partial charge in [-0.15, -0.1) is 0 Å². The van der Waals surface area contributed by atoms with Crippen molar-refractivity contribution >= 4 is 52.5 Å². The number of nitrogens with one attached hydrogen (secondary N) is 2. The number of ether oxygens (including phenoxy) is 1. The summed E-state index contributed by atoms with van der Waals surface area (Å²) in [6.45, 7) is 7.27. The lowest BCUT2D eigenvalue weighted by Gasteiger charge is -2.22. The highest BCUT2D eigenvalue weighted by Gasteiger charge is 2.24. The van der Waals surface area contributed by atoms with Crippen molar-refractivity contribution in [2.24, 2.45) is 5.10 Å². The Morgan fingerprint density at radius 2 is 2.07 bits per heavy atom. The number of pyridine rings is 1. The lowest BCUT2D eigenvalue weighted by molar-refractivity contribution is -0.123. The summed E-state index contributed by atoms with van der Waals surface area (Å²) in [6, 6.07) is 6.97. The van der Waals surface area contributed by atoms with Crippen molar-refractivity contribution in [3.63, 3.8) is 0 Å². The second-order valence-corrected chi connectivity index (χ2v) is 9.12. The van der Waals surface area contributed by atoms with Gasteiger partial charge >= 0.3 is 6.09 Å². The van der Waals surface area contributed by atoms with E-state index in [0.717, 1.165) is 16.5 Å². The third-order valence-electron chi connectivity index (χ3n) is 3.95. The summed E-state index contributed by atoms with van der Waals surface area (Å²) in [5.41, 5.74) is 4.27. The molecule has 0 unspecified atom stereocenters.